The maximum Gasteiger partial charge on any atom is 0.283 e. The largest absolute Gasteiger partial charge is 0.465 e. The molecule has 6 rings (SSSR count). The van der Waals surface area contributed by atoms with Gasteiger partial charge in [-0.2, -0.15) is 9.65 Å². The number of aromatic nitrogens is 1. The molecule has 35 heavy (non-hydrogen) atoms. The van der Waals surface area contributed by atoms with Crippen molar-refractivity contribution in [2.24, 2.45) is 10.7 Å². The minimum atomic E-state index is -1.00. The van der Waals surface area contributed by atoms with Crippen LogP contribution in [0.1, 0.15) is 35.2 Å². The lowest BCUT2D eigenvalue weighted by Gasteiger charge is -2.39. The molecule has 2 N–H and O–H groups in total. The lowest BCUT2D eigenvalue weighted by atomic mass is 9.77. The second-order valence-electron chi connectivity index (χ2n) is 8.64. The van der Waals surface area contributed by atoms with Crippen LogP contribution in [0.25, 0.3) is 16.7 Å². The standard InChI is InChI=1S/C27H21FN4O3/c28-25-24-21(14-22(31-25)17-6-9-33-10-7-17)27(8-11-34-26(30)32-27)20-13-19(4-5-23(20)35-24)18-3-1-2-16(12-18)15-29/h1-6,12-14H,7-11H2,(H2,30,32)/t27-/m0/s1. The molecule has 1 atom stereocenters. The SMILES string of the molecule is N#Cc1cccc(-c2ccc3c(c2)[C@@]2(CCOC(N)=N2)c2cc(C4=CCOCC4)nc(F)c2O3)c1. The Kier molecular flexibility index (Phi) is 5.01. The summed E-state index contributed by atoms with van der Waals surface area (Å²) in [6, 6.07) is 17.1. The smallest absolute Gasteiger partial charge is 0.283 e. The van der Waals surface area contributed by atoms with E-state index in [4.69, 9.17) is 24.9 Å². The molecule has 174 valence electrons. The molecule has 3 aliphatic heterocycles. The lowest BCUT2D eigenvalue weighted by molar-refractivity contribution is 0.161. The van der Waals surface area contributed by atoms with Crippen LogP contribution in [0, 0.1) is 17.3 Å². The van der Waals surface area contributed by atoms with Crippen LogP contribution in [0.15, 0.2) is 59.6 Å². The van der Waals surface area contributed by atoms with Crippen molar-refractivity contribution < 1.29 is 18.6 Å². The number of pyridine rings is 1. The number of aliphatic imine (C=N–C) groups is 1. The fraction of sp³-hybridized carbons (Fsp3) is 0.222. The summed E-state index contributed by atoms with van der Waals surface area (Å²) in [6.45, 7) is 1.34. The molecule has 0 saturated carbocycles. The van der Waals surface area contributed by atoms with Crippen molar-refractivity contribution in [2.45, 2.75) is 18.4 Å². The maximum atomic E-state index is 15.4. The van der Waals surface area contributed by atoms with Crippen LogP contribution in [0.3, 0.4) is 0 Å². The third-order valence-electron chi connectivity index (χ3n) is 6.65. The van der Waals surface area contributed by atoms with E-state index in [0.717, 1.165) is 22.3 Å². The summed E-state index contributed by atoms with van der Waals surface area (Å²) in [7, 11) is 0. The van der Waals surface area contributed by atoms with Crippen LogP contribution in [0.5, 0.6) is 11.5 Å². The van der Waals surface area contributed by atoms with Gasteiger partial charge in [-0.25, -0.2) is 9.98 Å². The van der Waals surface area contributed by atoms with E-state index in [9.17, 15) is 5.26 Å². The Morgan fingerprint density at radius 3 is 2.74 bits per heavy atom. The van der Waals surface area contributed by atoms with Crippen molar-refractivity contribution in [3.05, 3.63) is 82.9 Å². The molecule has 0 bridgehead atoms. The molecule has 3 aromatic rings. The first-order valence-electron chi connectivity index (χ1n) is 11.4. The van der Waals surface area contributed by atoms with E-state index in [0.29, 0.717) is 55.2 Å². The highest BCUT2D eigenvalue weighted by atomic mass is 19.1. The molecule has 0 amide bonds. The van der Waals surface area contributed by atoms with Gasteiger partial charge in [-0.1, -0.05) is 24.3 Å². The predicted octanol–water partition coefficient (Wildman–Crippen LogP) is 4.65. The number of amidine groups is 1. The van der Waals surface area contributed by atoms with E-state index in [2.05, 4.69) is 11.1 Å². The van der Waals surface area contributed by atoms with Crippen molar-refractivity contribution in [3.63, 3.8) is 0 Å². The number of fused-ring (bicyclic) bond motifs is 4. The summed E-state index contributed by atoms with van der Waals surface area (Å²) < 4.78 is 32.4. The number of hydrogen-bond donors (Lipinski definition) is 1. The van der Waals surface area contributed by atoms with Gasteiger partial charge in [0.15, 0.2) is 5.75 Å². The minimum absolute atomic E-state index is 0.0379. The molecular weight excluding hydrogens is 447 g/mol. The molecule has 7 nitrogen and oxygen atoms in total. The Morgan fingerprint density at radius 2 is 1.94 bits per heavy atom. The molecule has 8 heteroatoms. The van der Waals surface area contributed by atoms with Crippen LogP contribution >= 0.6 is 0 Å². The first-order chi connectivity index (χ1) is 17.1. The van der Waals surface area contributed by atoms with E-state index in [1.807, 2.05) is 42.5 Å². The second kappa shape index (κ2) is 8.22. The summed E-state index contributed by atoms with van der Waals surface area (Å²) in [5.41, 5.74) is 10.2. The van der Waals surface area contributed by atoms with Gasteiger partial charge in [-0.05, 0) is 53.5 Å². The normalized spacial score (nSPS) is 20.5. The summed E-state index contributed by atoms with van der Waals surface area (Å²) in [4.78, 5) is 8.96. The lowest BCUT2D eigenvalue weighted by Crippen LogP contribution is -2.39. The summed E-state index contributed by atoms with van der Waals surface area (Å²) in [5.74, 6) is -0.164. The molecule has 1 spiro atoms. The average molecular weight is 468 g/mol. The fourth-order valence-corrected chi connectivity index (χ4v) is 4.95. The Morgan fingerprint density at radius 1 is 1.06 bits per heavy atom. The average Bonchev–Trinajstić information content (AvgIpc) is 2.90. The van der Waals surface area contributed by atoms with Gasteiger partial charge in [0.25, 0.3) is 12.0 Å². The third-order valence-corrected chi connectivity index (χ3v) is 6.65. The number of nitrogens with zero attached hydrogens (tertiary/aromatic N) is 3. The zero-order chi connectivity index (χ0) is 24.0. The van der Waals surface area contributed by atoms with Crippen molar-refractivity contribution in [1.29, 1.82) is 5.26 Å². The zero-order valence-electron chi connectivity index (χ0n) is 18.8. The Labute approximate surface area is 201 Å². The van der Waals surface area contributed by atoms with Crippen LogP contribution in [0.4, 0.5) is 4.39 Å². The fourth-order valence-electron chi connectivity index (χ4n) is 4.95. The quantitative estimate of drug-likeness (QED) is 0.550. The number of nitriles is 1. The van der Waals surface area contributed by atoms with Gasteiger partial charge in [0, 0.05) is 17.5 Å². The monoisotopic (exact) mass is 468 g/mol. The number of rotatable bonds is 2. The van der Waals surface area contributed by atoms with Crippen molar-refractivity contribution in [1.82, 2.24) is 4.98 Å². The van der Waals surface area contributed by atoms with Gasteiger partial charge in [0.1, 0.15) is 11.3 Å². The van der Waals surface area contributed by atoms with E-state index < -0.39 is 11.5 Å². The number of benzene rings is 2. The first kappa shape index (κ1) is 21.3. The Hall–Kier alpha value is -4.22. The number of ether oxygens (including phenoxy) is 3. The van der Waals surface area contributed by atoms with E-state index in [-0.39, 0.29) is 11.8 Å². The number of halogens is 1. The van der Waals surface area contributed by atoms with Crippen molar-refractivity contribution >= 4 is 11.6 Å². The molecule has 0 aliphatic carbocycles. The van der Waals surface area contributed by atoms with Gasteiger partial charge in [-0.15, -0.1) is 0 Å². The summed E-state index contributed by atoms with van der Waals surface area (Å²) >= 11 is 0. The van der Waals surface area contributed by atoms with Gasteiger partial charge in [0.05, 0.1) is 37.1 Å². The molecule has 0 saturated heterocycles. The third kappa shape index (κ3) is 3.52. The molecule has 3 aliphatic rings. The van der Waals surface area contributed by atoms with Crippen LogP contribution in [-0.4, -0.2) is 30.8 Å². The second-order valence-corrected chi connectivity index (χ2v) is 8.64. The topological polar surface area (TPSA) is 103 Å². The first-order valence-corrected chi connectivity index (χ1v) is 11.4. The Bertz CT molecular complexity index is 1460. The number of hydrogen-bond acceptors (Lipinski definition) is 7. The highest BCUT2D eigenvalue weighted by molar-refractivity contribution is 5.77. The molecule has 0 unspecified atom stereocenters. The van der Waals surface area contributed by atoms with Crippen LogP contribution < -0.4 is 10.5 Å². The maximum absolute atomic E-state index is 15.4. The molecular formula is C27H21FN4O3. The Balaban J connectivity index is 1.57. The predicted molar refractivity (Wildman–Crippen MR) is 127 cm³/mol. The highest BCUT2D eigenvalue weighted by Gasteiger charge is 2.46. The van der Waals surface area contributed by atoms with E-state index in [1.165, 1.54) is 0 Å². The minimum Gasteiger partial charge on any atom is -0.465 e. The van der Waals surface area contributed by atoms with E-state index in [1.54, 1.807) is 12.1 Å². The molecule has 1 aromatic heterocycles. The van der Waals surface area contributed by atoms with Crippen LogP contribution in [0.2, 0.25) is 0 Å². The molecule has 0 fully saturated rings. The van der Waals surface area contributed by atoms with Gasteiger partial charge in [-0.3, -0.25) is 0 Å². The molecule has 0 radical (unpaired) electrons. The van der Waals surface area contributed by atoms with E-state index >= 15 is 4.39 Å². The van der Waals surface area contributed by atoms with Gasteiger partial charge < -0.3 is 19.9 Å². The van der Waals surface area contributed by atoms with Gasteiger partial charge in [0.2, 0.25) is 0 Å². The summed E-state index contributed by atoms with van der Waals surface area (Å²) in [5, 5.41) is 9.33. The van der Waals surface area contributed by atoms with Crippen LogP contribution in [-0.2, 0) is 15.0 Å². The highest BCUT2D eigenvalue weighted by Crippen LogP contribution is 2.53. The zero-order valence-corrected chi connectivity index (χ0v) is 18.8. The summed E-state index contributed by atoms with van der Waals surface area (Å²) in [6.07, 6.45) is 3.01. The van der Waals surface area contributed by atoms with Crippen molar-refractivity contribution in [3.8, 4) is 28.7 Å². The molecule has 2 aromatic carbocycles. The van der Waals surface area contributed by atoms with Gasteiger partial charge >= 0.3 is 0 Å². The number of nitrogens with two attached hydrogens (primary N) is 1. The molecule has 4 heterocycles. The van der Waals surface area contributed by atoms with Crippen molar-refractivity contribution in [2.75, 3.05) is 19.8 Å².